The number of carbonyl (C=O) groups excluding carboxylic acids is 1. The molecular formula is C14H9F5N2O. The number of anilines is 1. The van der Waals surface area contributed by atoms with Gasteiger partial charge in [-0.25, -0.2) is 8.78 Å². The summed E-state index contributed by atoms with van der Waals surface area (Å²) in [4.78, 5) is 15.7. The molecule has 0 bridgehead atoms. The van der Waals surface area contributed by atoms with E-state index in [1.165, 1.54) is 18.3 Å². The van der Waals surface area contributed by atoms with Crippen LogP contribution in [0.1, 0.15) is 21.6 Å². The minimum Gasteiger partial charge on any atom is -0.322 e. The van der Waals surface area contributed by atoms with Crippen molar-refractivity contribution in [3.63, 3.8) is 0 Å². The molecule has 0 aliphatic heterocycles. The van der Waals surface area contributed by atoms with E-state index >= 15 is 0 Å². The van der Waals surface area contributed by atoms with Crippen LogP contribution in [-0.2, 0) is 6.18 Å². The normalized spacial score (nSPS) is 11.4. The molecule has 3 nitrogen and oxygen atoms in total. The lowest BCUT2D eigenvalue weighted by molar-refractivity contribution is -0.138. The van der Waals surface area contributed by atoms with E-state index in [-0.39, 0.29) is 17.8 Å². The van der Waals surface area contributed by atoms with Crippen molar-refractivity contribution >= 4 is 11.6 Å². The predicted molar refractivity (Wildman–Crippen MR) is 68.3 cm³/mol. The Morgan fingerprint density at radius 3 is 2.23 bits per heavy atom. The minimum atomic E-state index is -4.90. The number of aryl methyl sites for hydroxylation is 1. The lowest BCUT2D eigenvalue weighted by Crippen LogP contribution is -2.17. The Kier molecular flexibility index (Phi) is 4.11. The quantitative estimate of drug-likeness (QED) is 0.853. The summed E-state index contributed by atoms with van der Waals surface area (Å²) in [5, 5.41) is 2.20. The third-order valence-electron chi connectivity index (χ3n) is 2.75. The van der Waals surface area contributed by atoms with Crippen molar-refractivity contribution in [2.75, 3.05) is 5.32 Å². The molecule has 0 saturated heterocycles. The van der Waals surface area contributed by atoms with E-state index in [2.05, 4.69) is 10.3 Å². The molecule has 0 saturated carbocycles. The van der Waals surface area contributed by atoms with Crippen molar-refractivity contribution in [1.29, 1.82) is 0 Å². The summed E-state index contributed by atoms with van der Waals surface area (Å²) < 4.78 is 64.6. The second kappa shape index (κ2) is 5.70. The fourth-order valence-corrected chi connectivity index (χ4v) is 1.77. The molecule has 0 spiro atoms. The Morgan fingerprint density at radius 1 is 1.14 bits per heavy atom. The van der Waals surface area contributed by atoms with Crippen LogP contribution < -0.4 is 5.32 Å². The number of halogens is 5. The van der Waals surface area contributed by atoms with E-state index in [9.17, 15) is 26.7 Å². The largest absolute Gasteiger partial charge is 0.416 e. The van der Waals surface area contributed by atoms with Gasteiger partial charge in [-0.05, 0) is 31.2 Å². The number of pyridine rings is 1. The molecule has 1 aromatic carbocycles. The number of nitrogens with zero attached hydrogens (tertiary/aromatic N) is 1. The highest BCUT2D eigenvalue weighted by Crippen LogP contribution is 2.31. The van der Waals surface area contributed by atoms with Gasteiger partial charge < -0.3 is 5.32 Å². The molecule has 1 amide bonds. The van der Waals surface area contributed by atoms with E-state index in [1.807, 2.05) is 0 Å². The zero-order chi connectivity index (χ0) is 16.5. The average molecular weight is 316 g/mol. The first kappa shape index (κ1) is 15.9. The van der Waals surface area contributed by atoms with Crippen LogP contribution in [0.3, 0.4) is 0 Å². The van der Waals surface area contributed by atoms with Gasteiger partial charge >= 0.3 is 6.18 Å². The molecule has 22 heavy (non-hydrogen) atoms. The molecule has 2 aromatic rings. The zero-order valence-electron chi connectivity index (χ0n) is 11.1. The van der Waals surface area contributed by atoms with Gasteiger partial charge in [0.25, 0.3) is 5.91 Å². The first-order chi connectivity index (χ1) is 10.2. The van der Waals surface area contributed by atoms with Crippen molar-refractivity contribution in [2.24, 2.45) is 0 Å². The molecule has 1 N–H and O–H groups in total. The summed E-state index contributed by atoms with van der Waals surface area (Å²) >= 11 is 0. The fraction of sp³-hybridized carbons (Fsp3) is 0.143. The predicted octanol–water partition coefficient (Wildman–Crippen LogP) is 3.94. The standard InChI is InChI=1S/C14H9F5N2O/c1-7-4-9(2-3-20-7)21-13(22)12-10(15)5-8(6-11(12)16)14(17,18)19/h2-6H,1H3,(H,20,21,22). The molecule has 1 aromatic heterocycles. The molecule has 0 fully saturated rings. The van der Waals surface area contributed by atoms with Crippen molar-refractivity contribution < 1.29 is 26.7 Å². The number of amides is 1. The van der Waals surface area contributed by atoms with Gasteiger partial charge in [0.2, 0.25) is 0 Å². The highest BCUT2D eigenvalue weighted by Gasteiger charge is 2.33. The Morgan fingerprint density at radius 2 is 1.73 bits per heavy atom. The topological polar surface area (TPSA) is 42.0 Å². The number of nitrogens with one attached hydrogen (secondary N) is 1. The van der Waals surface area contributed by atoms with E-state index < -0.39 is 34.8 Å². The third kappa shape index (κ3) is 3.38. The number of hydrogen-bond donors (Lipinski definition) is 1. The summed E-state index contributed by atoms with van der Waals surface area (Å²) in [5.41, 5.74) is -1.82. The van der Waals surface area contributed by atoms with Gasteiger partial charge in [-0.15, -0.1) is 0 Å². The van der Waals surface area contributed by atoms with Crippen LogP contribution in [0.5, 0.6) is 0 Å². The number of rotatable bonds is 2. The lowest BCUT2D eigenvalue weighted by Gasteiger charge is -2.11. The maximum Gasteiger partial charge on any atom is 0.416 e. The van der Waals surface area contributed by atoms with Crippen LogP contribution in [0.2, 0.25) is 0 Å². The van der Waals surface area contributed by atoms with Crippen molar-refractivity contribution in [3.05, 3.63) is 58.9 Å². The number of benzene rings is 1. The van der Waals surface area contributed by atoms with Gasteiger partial charge in [-0.3, -0.25) is 9.78 Å². The Labute approximate surface area is 121 Å². The van der Waals surface area contributed by atoms with Crippen LogP contribution >= 0.6 is 0 Å². The molecule has 1 heterocycles. The Bertz CT molecular complexity index is 704. The smallest absolute Gasteiger partial charge is 0.322 e. The molecule has 0 unspecified atom stereocenters. The summed E-state index contributed by atoms with van der Waals surface area (Å²) in [7, 11) is 0. The SMILES string of the molecule is Cc1cc(NC(=O)c2c(F)cc(C(F)(F)F)cc2F)ccn1. The molecule has 0 atom stereocenters. The van der Waals surface area contributed by atoms with Crippen LogP contribution in [0, 0.1) is 18.6 Å². The van der Waals surface area contributed by atoms with Gasteiger partial charge in [-0.1, -0.05) is 0 Å². The molecule has 0 radical (unpaired) electrons. The summed E-state index contributed by atoms with van der Waals surface area (Å²) in [6.07, 6.45) is -3.54. The number of hydrogen-bond acceptors (Lipinski definition) is 2. The van der Waals surface area contributed by atoms with Crippen molar-refractivity contribution in [2.45, 2.75) is 13.1 Å². The maximum absolute atomic E-state index is 13.7. The number of aromatic nitrogens is 1. The highest BCUT2D eigenvalue weighted by molar-refractivity contribution is 6.04. The lowest BCUT2D eigenvalue weighted by atomic mass is 10.1. The fourth-order valence-electron chi connectivity index (χ4n) is 1.77. The van der Waals surface area contributed by atoms with Gasteiger partial charge in [0.15, 0.2) is 0 Å². The van der Waals surface area contributed by atoms with E-state index in [4.69, 9.17) is 0 Å². The second-order valence-corrected chi connectivity index (χ2v) is 4.45. The molecule has 0 aliphatic carbocycles. The zero-order valence-corrected chi connectivity index (χ0v) is 11.1. The Hall–Kier alpha value is -2.51. The van der Waals surface area contributed by atoms with Crippen LogP contribution in [0.4, 0.5) is 27.6 Å². The first-order valence-electron chi connectivity index (χ1n) is 5.98. The van der Waals surface area contributed by atoms with Crippen LogP contribution in [0.25, 0.3) is 0 Å². The monoisotopic (exact) mass is 316 g/mol. The number of carbonyl (C=O) groups is 1. The van der Waals surface area contributed by atoms with Gasteiger partial charge in [0, 0.05) is 17.6 Å². The number of alkyl halides is 3. The minimum absolute atomic E-state index is 0.0792. The van der Waals surface area contributed by atoms with Gasteiger partial charge in [0.1, 0.15) is 17.2 Å². The van der Waals surface area contributed by atoms with Gasteiger partial charge in [0.05, 0.1) is 5.56 Å². The summed E-state index contributed by atoms with van der Waals surface area (Å²) in [6.45, 7) is 1.63. The average Bonchev–Trinajstić information content (AvgIpc) is 2.36. The highest BCUT2D eigenvalue weighted by atomic mass is 19.4. The van der Waals surface area contributed by atoms with E-state index in [0.717, 1.165) is 0 Å². The molecule has 2 rings (SSSR count). The molecule has 116 valence electrons. The van der Waals surface area contributed by atoms with Gasteiger partial charge in [-0.2, -0.15) is 13.2 Å². The summed E-state index contributed by atoms with van der Waals surface area (Å²) in [5.74, 6) is -4.36. The van der Waals surface area contributed by atoms with Crippen molar-refractivity contribution in [1.82, 2.24) is 4.98 Å². The molecule has 0 aliphatic rings. The van der Waals surface area contributed by atoms with Crippen LogP contribution in [0.15, 0.2) is 30.5 Å². The third-order valence-corrected chi connectivity index (χ3v) is 2.75. The Balaban J connectivity index is 2.34. The van der Waals surface area contributed by atoms with E-state index in [0.29, 0.717) is 5.69 Å². The molecular weight excluding hydrogens is 307 g/mol. The maximum atomic E-state index is 13.7. The van der Waals surface area contributed by atoms with Crippen molar-refractivity contribution in [3.8, 4) is 0 Å². The van der Waals surface area contributed by atoms with E-state index in [1.54, 1.807) is 6.92 Å². The summed E-state index contributed by atoms with van der Waals surface area (Å²) in [6, 6.07) is 2.98. The first-order valence-corrected chi connectivity index (χ1v) is 5.98. The van der Waals surface area contributed by atoms with Crippen LogP contribution in [-0.4, -0.2) is 10.9 Å². The second-order valence-electron chi connectivity index (χ2n) is 4.45. The molecule has 8 heteroatoms.